The number of aryl methyl sites for hydroxylation is 2. The van der Waals surface area contributed by atoms with Gasteiger partial charge in [0.25, 0.3) is 0 Å². The van der Waals surface area contributed by atoms with Crippen LogP contribution in [-0.2, 0) is 4.79 Å². The second kappa shape index (κ2) is 7.74. The van der Waals surface area contributed by atoms with Crippen molar-refractivity contribution in [1.29, 1.82) is 0 Å². The summed E-state index contributed by atoms with van der Waals surface area (Å²) in [7, 11) is 1.66. The maximum atomic E-state index is 11.8. The molecule has 0 aliphatic carbocycles. The van der Waals surface area contributed by atoms with E-state index in [1.165, 1.54) is 17.4 Å². The van der Waals surface area contributed by atoms with Gasteiger partial charge in [-0.25, -0.2) is 4.98 Å². The number of carbonyl (C=O) groups excluding carboxylic acids is 1. The number of anilines is 1. The summed E-state index contributed by atoms with van der Waals surface area (Å²) in [6, 6.07) is 5.95. The summed E-state index contributed by atoms with van der Waals surface area (Å²) < 4.78 is 5.28. The minimum Gasteiger partial charge on any atom is -0.496 e. The molecule has 0 radical (unpaired) electrons. The van der Waals surface area contributed by atoms with Crippen LogP contribution < -0.4 is 10.1 Å². The first kappa shape index (κ1) is 17.0. The van der Waals surface area contributed by atoms with Gasteiger partial charge in [-0.15, -0.1) is 11.3 Å². The average molecular weight is 328 g/mol. The Labute approximate surface area is 140 Å². The first-order chi connectivity index (χ1) is 11.0. The number of carbonyl (C=O) groups is 1. The Balaban J connectivity index is 2.21. The Morgan fingerprint density at radius 2 is 2.09 bits per heavy atom. The number of ether oxygens (including phenoxy) is 1. The number of allylic oxidation sites excluding steroid dienone is 3. The lowest BCUT2D eigenvalue weighted by molar-refractivity contribution is -0.111. The van der Waals surface area contributed by atoms with Gasteiger partial charge in [-0.2, -0.15) is 0 Å². The molecule has 1 aromatic heterocycles. The highest BCUT2D eigenvalue weighted by Crippen LogP contribution is 2.32. The summed E-state index contributed by atoms with van der Waals surface area (Å²) in [6.45, 7) is 5.90. The third-order valence-electron chi connectivity index (χ3n) is 3.25. The molecular formula is C18H20N2O2S. The fraction of sp³-hybridized carbons (Fsp3) is 0.222. The molecule has 0 aliphatic rings. The smallest absolute Gasteiger partial charge is 0.250 e. The Morgan fingerprint density at radius 1 is 1.30 bits per heavy atom. The molecule has 5 heteroatoms. The van der Waals surface area contributed by atoms with Crippen LogP contribution in [0.3, 0.4) is 0 Å². The van der Waals surface area contributed by atoms with Gasteiger partial charge >= 0.3 is 0 Å². The third kappa shape index (κ3) is 4.29. The van der Waals surface area contributed by atoms with Gasteiger partial charge in [0.2, 0.25) is 5.91 Å². The SMILES string of the molecule is C/C=C/C=C/C(=O)Nc1nc(-c2ccc(OC)c(C)c2)c(C)s1. The summed E-state index contributed by atoms with van der Waals surface area (Å²) in [5.74, 6) is 0.665. The highest BCUT2D eigenvalue weighted by Gasteiger charge is 2.12. The quantitative estimate of drug-likeness (QED) is 0.649. The molecule has 0 aliphatic heterocycles. The summed E-state index contributed by atoms with van der Waals surface area (Å²) in [6.07, 6.45) is 6.84. The first-order valence-corrected chi connectivity index (χ1v) is 8.09. The Kier molecular flexibility index (Phi) is 5.71. The average Bonchev–Trinajstić information content (AvgIpc) is 2.88. The van der Waals surface area contributed by atoms with Crippen molar-refractivity contribution in [3.8, 4) is 17.0 Å². The molecule has 1 N–H and O–H groups in total. The number of thiazole rings is 1. The van der Waals surface area contributed by atoms with Gasteiger partial charge in [-0.05, 0) is 44.5 Å². The Morgan fingerprint density at radius 3 is 2.74 bits per heavy atom. The molecule has 0 spiro atoms. The molecule has 4 nitrogen and oxygen atoms in total. The van der Waals surface area contributed by atoms with E-state index in [1.54, 1.807) is 19.3 Å². The molecule has 0 bridgehead atoms. The van der Waals surface area contributed by atoms with Gasteiger partial charge in [0.1, 0.15) is 5.75 Å². The third-order valence-corrected chi connectivity index (χ3v) is 4.13. The van der Waals surface area contributed by atoms with Crippen LogP contribution in [0.25, 0.3) is 11.3 Å². The molecule has 120 valence electrons. The van der Waals surface area contributed by atoms with E-state index in [1.807, 2.05) is 45.0 Å². The van der Waals surface area contributed by atoms with E-state index < -0.39 is 0 Å². The lowest BCUT2D eigenvalue weighted by Crippen LogP contribution is -2.07. The summed E-state index contributed by atoms with van der Waals surface area (Å²) in [5, 5.41) is 3.39. The van der Waals surface area contributed by atoms with Gasteiger partial charge < -0.3 is 4.74 Å². The van der Waals surface area contributed by atoms with Crippen LogP contribution in [0.2, 0.25) is 0 Å². The Bertz CT molecular complexity index is 760. The largest absolute Gasteiger partial charge is 0.496 e. The number of amides is 1. The topological polar surface area (TPSA) is 51.2 Å². The van der Waals surface area contributed by atoms with Gasteiger partial charge in [-0.3, -0.25) is 10.1 Å². The number of methoxy groups -OCH3 is 1. The van der Waals surface area contributed by atoms with Crippen LogP contribution in [0.15, 0.2) is 42.5 Å². The number of hydrogen-bond acceptors (Lipinski definition) is 4. The molecule has 0 fully saturated rings. The normalized spacial score (nSPS) is 11.3. The lowest BCUT2D eigenvalue weighted by atomic mass is 10.1. The van der Waals surface area contributed by atoms with Crippen LogP contribution in [0.1, 0.15) is 17.4 Å². The maximum Gasteiger partial charge on any atom is 0.250 e. The molecule has 23 heavy (non-hydrogen) atoms. The fourth-order valence-electron chi connectivity index (χ4n) is 2.14. The van der Waals surface area contributed by atoms with Gasteiger partial charge in [0, 0.05) is 16.5 Å². The number of aromatic nitrogens is 1. The van der Waals surface area contributed by atoms with Crippen molar-refractivity contribution in [3.05, 3.63) is 52.9 Å². The minimum absolute atomic E-state index is 0.186. The van der Waals surface area contributed by atoms with Crippen molar-refractivity contribution in [2.45, 2.75) is 20.8 Å². The number of nitrogens with one attached hydrogen (secondary N) is 1. The van der Waals surface area contributed by atoms with E-state index in [0.29, 0.717) is 5.13 Å². The highest BCUT2D eigenvalue weighted by molar-refractivity contribution is 7.16. The van der Waals surface area contributed by atoms with Crippen molar-refractivity contribution in [2.75, 3.05) is 12.4 Å². The number of nitrogens with zero attached hydrogens (tertiary/aromatic N) is 1. The van der Waals surface area contributed by atoms with Crippen molar-refractivity contribution >= 4 is 22.4 Å². The molecule has 1 amide bonds. The zero-order valence-corrected chi connectivity index (χ0v) is 14.5. The van der Waals surface area contributed by atoms with Gasteiger partial charge in [0.05, 0.1) is 12.8 Å². The number of benzene rings is 1. The van der Waals surface area contributed by atoms with Crippen LogP contribution in [0.5, 0.6) is 5.75 Å². The standard InChI is InChI=1S/C18H20N2O2S/c1-5-6-7-8-16(21)19-18-20-17(13(3)23-18)14-9-10-15(22-4)12(2)11-14/h5-11H,1-4H3,(H,19,20,21)/b6-5+,8-7+. The van der Waals surface area contributed by atoms with E-state index in [2.05, 4.69) is 10.3 Å². The molecule has 2 rings (SSSR count). The van der Waals surface area contributed by atoms with Crippen molar-refractivity contribution in [1.82, 2.24) is 4.98 Å². The van der Waals surface area contributed by atoms with Crippen LogP contribution in [0, 0.1) is 13.8 Å². The van der Waals surface area contributed by atoms with E-state index in [9.17, 15) is 4.79 Å². The number of rotatable bonds is 5. The summed E-state index contributed by atoms with van der Waals surface area (Å²) in [5.41, 5.74) is 2.95. The molecule has 0 saturated carbocycles. The molecule has 2 aromatic rings. The predicted molar refractivity (Wildman–Crippen MR) is 96.2 cm³/mol. The van der Waals surface area contributed by atoms with E-state index in [4.69, 9.17) is 4.74 Å². The van der Waals surface area contributed by atoms with Gasteiger partial charge in [0.15, 0.2) is 5.13 Å². The fourth-order valence-corrected chi connectivity index (χ4v) is 2.98. The van der Waals surface area contributed by atoms with Crippen molar-refractivity contribution in [2.24, 2.45) is 0 Å². The molecule has 1 aromatic carbocycles. The molecule has 0 saturated heterocycles. The zero-order valence-electron chi connectivity index (χ0n) is 13.7. The van der Waals surface area contributed by atoms with Crippen LogP contribution >= 0.6 is 11.3 Å². The van der Waals surface area contributed by atoms with Crippen LogP contribution in [0.4, 0.5) is 5.13 Å². The first-order valence-electron chi connectivity index (χ1n) is 7.28. The summed E-state index contributed by atoms with van der Waals surface area (Å²) in [4.78, 5) is 17.4. The zero-order chi connectivity index (χ0) is 16.8. The second-order valence-electron chi connectivity index (χ2n) is 4.98. The molecule has 0 atom stereocenters. The summed E-state index contributed by atoms with van der Waals surface area (Å²) >= 11 is 1.47. The van der Waals surface area contributed by atoms with Crippen molar-refractivity contribution < 1.29 is 9.53 Å². The monoisotopic (exact) mass is 328 g/mol. The van der Waals surface area contributed by atoms with Crippen LogP contribution in [-0.4, -0.2) is 18.0 Å². The van der Waals surface area contributed by atoms with Gasteiger partial charge in [-0.1, -0.05) is 18.2 Å². The number of hydrogen-bond donors (Lipinski definition) is 1. The Hall–Kier alpha value is -2.40. The van der Waals surface area contributed by atoms with E-state index in [0.717, 1.165) is 27.4 Å². The lowest BCUT2D eigenvalue weighted by Gasteiger charge is -2.06. The van der Waals surface area contributed by atoms with E-state index in [-0.39, 0.29) is 5.91 Å². The maximum absolute atomic E-state index is 11.8. The molecular weight excluding hydrogens is 308 g/mol. The molecule has 0 unspecified atom stereocenters. The predicted octanol–water partition coefficient (Wildman–Crippen LogP) is 4.51. The second-order valence-corrected chi connectivity index (χ2v) is 6.19. The van der Waals surface area contributed by atoms with E-state index >= 15 is 0 Å². The van der Waals surface area contributed by atoms with Crippen molar-refractivity contribution in [3.63, 3.8) is 0 Å². The molecule has 1 heterocycles. The highest BCUT2D eigenvalue weighted by atomic mass is 32.1. The minimum atomic E-state index is -0.186.